The van der Waals surface area contributed by atoms with Gasteiger partial charge in [0.1, 0.15) is 6.61 Å². The smallest absolute Gasteiger partial charge is 0.336 e. The normalized spacial score (nSPS) is 17.0. The summed E-state index contributed by atoms with van der Waals surface area (Å²) < 4.78 is 13.1. The first-order valence-corrected chi connectivity index (χ1v) is 11.9. The Kier molecular flexibility index (Phi) is 8.13. The summed E-state index contributed by atoms with van der Waals surface area (Å²) in [5, 5.41) is 13.6. The van der Waals surface area contributed by atoms with Crippen LogP contribution in [-0.2, 0) is 19.1 Å². The van der Waals surface area contributed by atoms with Crippen LogP contribution in [0.15, 0.2) is 52.9 Å². The van der Waals surface area contributed by atoms with Crippen LogP contribution in [0.25, 0.3) is 5.69 Å². The third kappa shape index (κ3) is 5.31. The predicted molar refractivity (Wildman–Crippen MR) is 136 cm³/mol. The maximum atomic E-state index is 13.4. The lowest BCUT2D eigenvalue weighted by molar-refractivity contribution is -0.144. The van der Waals surface area contributed by atoms with Gasteiger partial charge in [0.25, 0.3) is 0 Å². The average molecular weight is 501 g/mol. The largest absolute Gasteiger partial charge is 0.478 e. The number of benzene rings is 1. The number of aromatic nitrogens is 1. The molecule has 1 aromatic heterocycles. The van der Waals surface area contributed by atoms with Gasteiger partial charge in [-0.2, -0.15) is 0 Å². The monoisotopic (exact) mass is 500 g/mol. The zero-order chi connectivity index (χ0) is 26.0. The van der Waals surface area contributed by atoms with Gasteiger partial charge in [-0.05, 0) is 69.5 Å². The Hall–Kier alpha value is -3.03. The van der Waals surface area contributed by atoms with Crippen LogP contribution in [0.1, 0.15) is 50.6 Å². The summed E-state index contributed by atoms with van der Waals surface area (Å²) in [5.41, 5.74) is 4.64. The number of esters is 1. The maximum Gasteiger partial charge on any atom is 0.336 e. The molecule has 0 saturated heterocycles. The van der Waals surface area contributed by atoms with Crippen molar-refractivity contribution < 1.29 is 24.2 Å². The predicted octanol–water partition coefficient (Wildman–Crippen LogP) is 5.28. The molecule has 0 spiro atoms. The number of carboxylic acid groups (broad SMARTS) is 1. The molecule has 3 rings (SSSR count). The lowest BCUT2D eigenvalue weighted by atomic mass is 9.80. The number of aryl methyl sites for hydroxylation is 2. The Bertz CT molecular complexity index is 1190. The molecule has 0 amide bonds. The van der Waals surface area contributed by atoms with Crippen molar-refractivity contribution in [2.24, 2.45) is 5.92 Å². The van der Waals surface area contributed by atoms with Crippen LogP contribution in [0.4, 0.5) is 0 Å². The molecule has 2 atom stereocenters. The summed E-state index contributed by atoms with van der Waals surface area (Å²) in [5.74, 6) is -2.52. The summed E-state index contributed by atoms with van der Waals surface area (Å²) in [4.78, 5) is 25.8. The highest BCUT2D eigenvalue weighted by atomic mass is 35.5. The second-order valence-electron chi connectivity index (χ2n) is 9.21. The molecule has 2 unspecified atom stereocenters. The van der Waals surface area contributed by atoms with Crippen molar-refractivity contribution in [3.63, 3.8) is 0 Å². The number of carbonyl (C=O) groups excluding carboxylic acids is 1. The number of nitrogens with zero attached hydrogens (tertiary/aromatic N) is 1. The van der Waals surface area contributed by atoms with Gasteiger partial charge in [-0.3, -0.25) is 0 Å². The first kappa shape index (κ1) is 26.6. The fourth-order valence-electron chi connectivity index (χ4n) is 4.59. The van der Waals surface area contributed by atoms with Crippen LogP contribution in [0, 0.1) is 19.8 Å². The van der Waals surface area contributed by atoms with E-state index in [1.54, 1.807) is 27.0 Å². The third-order valence-electron chi connectivity index (χ3n) is 6.46. The zero-order valence-electron chi connectivity index (χ0n) is 21.2. The van der Waals surface area contributed by atoms with Crippen molar-refractivity contribution in [2.75, 3.05) is 13.7 Å². The van der Waals surface area contributed by atoms with Crippen LogP contribution in [0.5, 0.6) is 0 Å². The van der Waals surface area contributed by atoms with E-state index in [9.17, 15) is 14.7 Å². The van der Waals surface area contributed by atoms with E-state index in [4.69, 9.17) is 21.1 Å². The van der Waals surface area contributed by atoms with E-state index in [-0.39, 0.29) is 29.8 Å². The number of carbonyl (C=O) groups is 2. The van der Waals surface area contributed by atoms with Gasteiger partial charge >= 0.3 is 11.9 Å². The Morgan fingerprint density at radius 2 is 1.66 bits per heavy atom. The number of rotatable bonds is 8. The van der Waals surface area contributed by atoms with Crippen molar-refractivity contribution >= 4 is 23.5 Å². The van der Waals surface area contributed by atoms with Gasteiger partial charge in [0.2, 0.25) is 0 Å². The molecule has 35 heavy (non-hydrogen) atoms. The van der Waals surface area contributed by atoms with Crippen molar-refractivity contribution in [2.45, 2.75) is 53.6 Å². The highest BCUT2D eigenvalue weighted by molar-refractivity contribution is 6.31. The van der Waals surface area contributed by atoms with Crippen LogP contribution < -0.4 is 5.32 Å². The van der Waals surface area contributed by atoms with Gasteiger partial charge in [0.15, 0.2) is 0 Å². The summed E-state index contributed by atoms with van der Waals surface area (Å²) in [7, 11) is 1.57. The number of dihydropyridines is 1. The van der Waals surface area contributed by atoms with Crippen LogP contribution in [0.2, 0.25) is 5.02 Å². The van der Waals surface area contributed by atoms with Gasteiger partial charge in [-0.25, -0.2) is 9.59 Å². The Labute approximate surface area is 211 Å². The van der Waals surface area contributed by atoms with Crippen LogP contribution in [0.3, 0.4) is 0 Å². The third-order valence-corrected chi connectivity index (χ3v) is 6.80. The quantitative estimate of drug-likeness (QED) is 0.479. The molecule has 2 aromatic rings. The Balaban J connectivity index is 2.14. The van der Waals surface area contributed by atoms with Gasteiger partial charge in [0.05, 0.1) is 23.2 Å². The van der Waals surface area contributed by atoms with Crippen molar-refractivity contribution in [3.05, 3.63) is 74.8 Å². The van der Waals surface area contributed by atoms with Crippen LogP contribution in [-0.4, -0.2) is 41.4 Å². The molecule has 1 aliphatic heterocycles. The van der Waals surface area contributed by atoms with Crippen LogP contribution >= 0.6 is 11.6 Å². The molecule has 0 fully saturated rings. The lowest BCUT2D eigenvalue weighted by Crippen LogP contribution is -2.33. The maximum absolute atomic E-state index is 13.4. The number of aliphatic carboxylic acids is 1. The van der Waals surface area contributed by atoms with Gasteiger partial charge < -0.3 is 24.5 Å². The van der Waals surface area contributed by atoms with E-state index in [1.807, 2.05) is 52.0 Å². The molecule has 0 aliphatic carbocycles. The number of nitrogens with one attached hydrogen (secondary N) is 1. The molecule has 7 nitrogen and oxygen atoms in total. The van der Waals surface area contributed by atoms with Crippen molar-refractivity contribution in [1.29, 1.82) is 0 Å². The molecule has 1 aliphatic rings. The van der Waals surface area contributed by atoms with E-state index in [2.05, 4.69) is 9.88 Å². The summed E-state index contributed by atoms with van der Waals surface area (Å²) in [6, 6.07) is 9.48. The minimum Gasteiger partial charge on any atom is -0.478 e. The van der Waals surface area contributed by atoms with E-state index >= 15 is 0 Å². The molecular weight excluding hydrogens is 468 g/mol. The van der Waals surface area contributed by atoms with Gasteiger partial charge in [0, 0.05) is 40.6 Å². The molecule has 2 heterocycles. The van der Waals surface area contributed by atoms with E-state index < -0.39 is 17.9 Å². The number of carboxylic acids is 1. The fourth-order valence-corrected chi connectivity index (χ4v) is 4.82. The zero-order valence-corrected chi connectivity index (χ0v) is 22.0. The number of halogens is 1. The minimum absolute atomic E-state index is 0.0506. The molecule has 188 valence electrons. The number of ether oxygens (including phenoxy) is 2. The van der Waals surface area contributed by atoms with Crippen molar-refractivity contribution in [3.8, 4) is 5.69 Å². The molecule has 0 saturated carbocycles. The first-order valence-electron chi connectivity index (χ1n) is 11.5. The standard InChI is InChI=1S/C27H33ClN2O5/c1-14(2)22(34-7)13-35-27(33)24-18(6)29-17(5)23(26(31)32)25(24)20-12-19(10-11-21(20)28)30-15(3)8-9-16(30)4/h8-12,14,22,25,29H,13H2,1-7H3,(H,31,32). The second kappa shape index (κ2) is 10.7. The molecular formula is C27H33ClN2O5. The van der Waals surface area contributed by atoms with E-state index in [1.165, 1.54) is 0 Å². The number of hydrogen-bond acceptors (Lipinski definition) is 5. The Morgan fingerprint density at radius 3 is 2.20 bits per heavy atom. The first-order chi connectivity index (χ1) is 16.5. The highest BCUT2D eigenvalue weighted by Crippen LogP contribution is 2.42. The highest BCUT2D eigenvalue weighted by Gasteiger charge is 2.38. The summed E-state index contributed by atoms with van der Waals surface area (Å²) in [6.45, 7) is 11.4. The lowest BCUT2D eigenvalue weighted by Gasteiger charge is -2.31. The average Bonchev–Trinajstić information content (AvgIpc) is 3.11. The summed E-state index contributed by atoms with van der Waals surface area (Å²) in [6.07, 6.45) is -0.280. The van der Waals surface area contributed by atoms with Crippen molar-refractivity contribution in [1.82, 2.24) is 9.88 Å². The molecule has 0 bridgehead atoms. The van der Waals surface area contributed by atoms with E-state index in [0.29, 0.717) is 22.0 Å². The minimum atomic E-state index is -1.13. The SMILES string of the molecule is COC(COC(=O)C1=C(C)NC(C)=C(C(=O)O)C1c1cc(-n2c(C)ccc2C)ccc1Cl)C(C)C. The fraction of sp³-hybridized carbons (Fsp3) is 0.407. The topological polar surface area (TPSA) is 89.8 Å². The molecule has 1 aromatic carbocycles. The summed E-state index contributed by atoms with van der Waals surface area (Å²) >= 11 is 6.66. The number of hydrogen-bond donors (Lipinski definition) is 2. The van der Waals surface area contributed by atoms with Gasteiger partial charge in [-0.15, -0.1) is 0 Å². The van der Waals surface area contributed by atoms with E-state index in [0.717, 1.165) is 17.1 Å². The molecule has 8 heteroatoms. The number of allylic oxidation sites excluding steroid dienone is 2. The van der Waals surface area contributed by atoms with Gasteiger partial charge in [-0.1, -0.05) is 25.4 Å². The molecule has 2 N–H and O–H groups in total. The Morgan fingerprint density at radius 1 is 1.06 bits per heavy atom. The second-order valence-corrected chi connectivity index (χ2v) is 9.62. The molecule has 0 radical (unpaired) electrons. The number of methoxy groups -OCH3 is 1.